The van der Waals surface area contributed by atoms with Gasteiger partial charge in [0.1, 0.15) is 0 Å². The first-order valence-electron chi connectivity index (χ1n) is 7.15. The Hall–Kier alpha value is -1.38. The predicted octanol–water partition coefficient (Wildman–Crippen LogP) is 3.89. The lowest BCUT2D eigenvalue weighted by Crippen LogP contribution is -2.31. The second-order valence-corrected chi connectivity index (χ2v) is 5.36. The lowest BCUT2D eigenvalue weighted by Gasteiger charge is -2.18. The molecule has 0 radical (unpaired) electrons. The number of nitrogens with zero attached hydrogens (tertiary/aromatic N) is 1. The molecule has 1 aromatic heterocycles. The molecule has 1 aromatic carbocycles. The third-order valence-electron chi connectivity index (χ3n) is 3.44. The number of pyridine rings is 1. The Labute approximate surface area is 126 Å². The molecular weight excluding hydrogens is 268 g/mol. The highest BCUT2D eigenvalue weighted by atomic mass is 35.5. The molecule has 0 saturated heterocycles. The third-order valence-corrected chi connectivity index (χ3v) is 3.78. The van der Waals surface area contributed by atoms with Crippen molar-refractivity contribution in [3.05, 3.63) is 64.9 Å². The van der Waals surface area contributed by atoms with Crippen LogP contribution in [0, 0.1) is 0 Å². The van der Waals surface area contributed by atoms with E-state index in [4.69, 9.17) is 11.6 Å². The molecule has 2 aromatic rings. The van der Waals surface area contributed by atoms with E-state index in [1.807, 2.05) is 6.07 Å². The number of hydrogen-bond donors (Lipinski definition) is 1. The highest BCUT2D eigenvalue weighted by Gasteiger charge is 2.10. The van der Waals surface area contributed by atoms with Gasteiger partial charge in [0.25, 0.3) is 0 Å². The molecule has 1 heterocycles. The number of aromatic nitrogens is 1. The zero-order valence-corrected chi connectivity index (χ0v) is 12.6. The van der Waals surface area contributed by atoms with E-state index in [2.05, 4.69) is 47.6 Å². The van der Waals surface area contributed by atoms with Crippen molar-refractivity contribution < 1.29 is 0 Å². The minimum atomic E-state index is 0.445. The topological polar surface area (TPSA) is 24.9 Å². The first kappa shape index (κ1) is 15.0. The van der Waals surface area contributed by atoms with E-state index in [9.17, 15) is 0 Å². The predicted molar refractivity (Wildman–Crippen MR) is 85.2 cm³/mol. The molecule has 2 nitrogen and oxygen atoms in total. The number of nitrogens with one attached hydrogen (secondary N) is 1. The van der Waals surface area contributed by atoms with Gasteiger partial charge in [0.05, 0.1) is 5.02 Å². The standard InChI is InChI=1S/C17H21ClN2/c1-2-20-16(9-8-14-6-4-3-5-7-14)12-15-10-11-19-13-17(15)18/h3-7,10-11,13,16,20H,2,8-9,12H2,1H3. The molecule has 1 unspecified atom stereocenters. The molecule has 0 bridgehead atoms. The van der Waals surface area contributed by atoms with Gasteiger partial charge in [-0.15, -0.1) is 0 Å². The summed E-state index contributed by atoms with van der Waals surface area (Å²) in [5.74, 6) is 0. The van der Waals surface area contributed by atoms with Crippen LogP contribution < -0.4 is 5.32 Å². The fraction of sp³-hybridized carbons (Fsp3) is 0.353. The van der Waals surface area contributed by atoms with Gasteiger partial charge in [-0.2, -0.15) is 0 Å². The van der Waals surface area contributed by atoms with Crippen molar-refractivity contribution >= 4 is 11.6 Å². The second kappa shape index (κ2) is 8.03. The molecule has 0 fully saturated rings. The van der Waals surface area contributed by atoms with Crippen LogP contribution in [0.2, 0.25) is 5.02 Å². The van der Waals surface area contributed by atoms with Crippen molar-refractivity contribution in [1.29, 1.82) is 0 Å². The number of likely N-dealkylation sites (N-methyl/N-ethyl adjacent to an activating group) is 1. The molecule has 106 valence electrons. The summed E-state index contributed by atoms with van der Waals surface area (Å²) >= 11 is 6.20. The molecule has 0 spiro atoms. The Morgan fingerprint density at radius 3 is 2.70 bits per heavy atom. The van der Waals surface area contributed by atoms with Gasteiger partial charge in [0, 0.05) is 18.4 Å². The molecule has 1 N–H and O–H groups in total. The van der Waals surface area contributed by atoms with Crippen LogP contribution in [-0.2, 0) is 12.8 Å². The molecular formula is C17H21ClN2. The van der Waals surface area contributed by atoms with E-state index in [0.717, 1.165) is 30.8 Å². The van der Waals surface area contributed by atoms with Crippen molar-refractivity contribution in [2.24, 2.45) is 0 Å². The average Bonchev–Trinajstić information content (AvgIpc) is 2.48. The fourth-order valence-corrected chi connectivity index (χ4v) is 2.58. The van der Waals surface area contributed by atoms with Crippen LogP contribution in [0.15, 0.2) is 48.8 Å². The van der Waals surface area contributed by atoms with Crippen molar-refractivity contribution in [2.45, 2.75) is 32.2 Å². The molecule has 0 aliphatic carbocycles. The number of benzene rings is 1. The minimum absolute atomic E-state index is 0.445. The Balaban J connectivity index is 1.95. The maximum absolute atomic E-state index is 6.20. The van der Waals surface area contributed by atoms with Gasteiger partial charge in [-0.25, -0.2) is 0 Å². The zero-order valence-electron chi connectivity index (χ0n) is 11.8. The molecule has 0 amide bonds. The van der Waals surface area contributed by atoms with Crippen molar-refractivity contribution in [3.8, 4) is 0 Å². The number of rotatable bonds is 7. The maximum Gasteiger partial charge on any atom is 0.0621 e. The maximum atomic E-state index is 6.20. The smallest absolute Gasteiger partial charge is 0.0621 e. The summed E-state index contributed by atoms with van der Waals surface area (Å²) in [4.78, 5) is 4.04. The van der Waals surface area contributed by atoms with Gasteiger partial charge in [0.2, 0.25) is 0 Å². The van der Waals surface area contributed by atoms with Crippen LogP contribution in [0.3, 0.4) is 0 Å². The Bertz CT molecular complexity index is 513. The van der Waals surface area contributed by atoms with E-state index < -0.39 is 0 Å². The highest BCUT2D eigenvalue weighted by molar-refractivity contribution is 6.31. The van der Waals surface area contributed by atoms with E-state index in [0.29, 0.717) is 6.04 Å². The summed E-state index contributed by atoms with van der Waals surface area (Å²) in [6, 6.07) is 13.1. The van der Waals surface area contributed by atoms with Crippen molar-refractivity contribution in [3.63, 3.8) is 0 Å². The number of aryl methyl sites for hydroxylation is 1. The van der Waals surface area contributed by atoms with Crippen LogP contribution in [0.5, 0.6) is 0 Å². The van der Waals surface area contributed by atoms with Crippen LogP contribution >= 0.6 is 11.6 Å². The lowest BCUT2D eigenvalue weighted by molar-refractivity contribution is 0.491. The Morgan fingerprint density at radius 1 is 1.20 bits per heavy atom. The fourth-order valence-electron chi connectivity index (χ4n) is 2.39. The van der Waals surface area contributed by atoms with Crippen LogP contribution in [0.1, 0.15) is 24.5 Å². The number of hydrogen-bond acceptors (Lipinski definition) is 2. The molecule has 0 aliphatic rings. The van der Waals surface area contributed by atoms with Gasteiger partial charge in [-0.3, -0.25) is 4.98 Å². The molecule has 2 rings (SSSR count). The minimum Gasteiger partial charge on any atom is -0.314 e. The number of halogens is 1. The molecule has 0 saturated carbocycles. The summed E-state index contributed by atoms with van der Waals surface area (Å²) < 4.78 is 0. The second-order valence-electron chi connectivity index (χ2n) is 4.95. The van der Waals surface area contributed by atoms with Crippen molar-refractivity contribution in [2.75, 3.05) is 6.54 Å². The zero-order chi connectivity index (χ0) is 14.2. The first-order chi connectivity index (χ1) is 9.79. The van der Waals surface area contributed by atoms with E-state index in [1.165, 1.54) is 11.1 Å². The Kier molecular flexibility index (Phi) is 6.03. The van der Waals surface area contributed by atoms with Gasteiger partial charge >= 0.3 is 0 Å². The van der Waals surface area contributed by atoms with Crippen molar-refractivity contribution in [1.82, 2.24) is 10.3 Å². The van der Waals surface area contributed by atoms with Gasteiger partial charge in [-0.05, 0) is 43.0 Å². The van der Waals surface area contributed by atoms with E-state index in [-0.39, 0.29) is 0 Å². The van der Waals surface area contributed by atoms with Crippen LogP contribution in [-0.4, -0.2) is 17.6 Å². The molecule has 20 heavy (non-hydrogen) atoms. The van der Waals surface area contributed by atoms with Gasteiger partial charge < -0.3 is 5.32 Å². The molecule has 3 heteroatoms. The average molecular weight is 289 g/mol. The summed E-state index contributed by atoms with van der Waals surface area (Å²) in [5.41, 5.74) is 2.55. The third kappa shape index (κ3) is 4.62. The summed E-state index contributed by atoms with van der Waals surface area (Å²) in [6.07, 6.45) is 6.66. The van der Waals surface area contributed by atoms with Gasteiger partial charge in [-0.1, -0.05) is 48.9 Å². The summed E-state index contributed by atoms with van der Waals surface area (Å²) in [5, 5.41) is 4.31. The van der Waals surface area contributed by atoms with E-state index >= 15 is 0 Å². The Morgan fingerprint density at radius 2 is 2.00 bits per heavy atom. The van der Waals surface area contributed by atoms with Gasteiger partial charge in [0.15, 0.2) is 0 Å². The molecule has 0 aliphatic heterocycles. The lowest BCUT2D eigenvalue weighted by atomic mass is 9.99. The SMILES string of the molecule is CCNC(CCc1ccccc1)Cc1ccncc1Cl. The largest absolute Gasteiger partial charge is 0.314 e. The van der Waals surface area contributed by atoms with E-state index in [1.54, 1.807) is 12.4 Å². The van der Waals surface area contributed by atoms with Crippen LogP contribution in [0.25, 0.3) is 0 Å². The summed E-state index contributed by atoms with van der Waals surface area (Å²) in [6.45, 7) is 3.12. The molecule has 1 atom stereocenters. The first-order valence-corrected chi connectivity index (χ1v) is 7.53. The summed E-state index contributed by atoms with van der Waals surface area (Å²) in [7, 11) is 0. The quantitative estimate of drug-likeness (QED) is 0.836. The monoisotopic (exact) mass is 288 g/mol. The van der Waals surface area contributed by atoms with Crippen LogP contribution in [0.4, 0.5) is 0 Å². The highest BCUT2D eigenvalue weighted by Crippen LogP contribution is 2.17. The normalized spacial score (nSPS) is 12.3.